The van der Waals surface area contributed by atoms with E-state index in [1.165, 1.54) is 20.2 Å². The van der Waals surface area contributed by atoms with Crippen molar-refractivity contribution in [3.63, 3.8) is 0 Å². The summed E-state index contributed by atoms with van der Waals surface area (Å²) in [6.45, 7) is 2.58. The lowest BCUT2D eigenvalue weighted by molar-refractivity contribution is -0.127. The molecule has 6 N–H and O–H groups in total. The van der Waals surface area contributed by atoms with Crippen molar-refractivity contribution in [2.24, 2.45) is 0 Å². The molecular weight excluding hydrogens is 306 g/mol. The number of nitrogens with one attached hydrogen (secondary N) is 1. The molecule has 2 unspecified atom stereocenters. The van der Waals surface area contributed by atoms with E-state index in [9.17, 15) is 4.79 Å². The molecule has 1 aliphatic rings. The number of nitrogens with two attached hydrogens (primary N) is 1. The summed E-state index contributed by atoms with van der Waals surface area (Å²) in [7, 11) is 0. The van der Waals surface area contributed by atoms with Gasteiger partial charge in [-0.25, -0.2) is 4.98 Å². The lowest BCUT2D eigenvalue weighted by atomic mass is 10.2. The Morgan fingerprint density at radius 3 is 2.70 bits per heavy atom. The van der Waals surface area contributed by atoms with Gasteiger partial charge >= 0.3 is 0 Å². The summed E-state index contributed by atoms with van der Waals surface area (Å²) in [5.41, 5.74) is 5.79. The van der Waals surface area contributed by atoms with Gasteiger partial charge in [0.25, 0.3) is 5.56 Å². The van der Waals surface area contributed by atoms with E-state index in [1.54, 1.807) is 4.57 Å². The SMILES string of the molecule is CC(C)(O)O.Nc1nc2c(ncn2C2CCC(CO)O2)c(=O)[nH]1. The van der Waals surface area contributed by atoms with Gasteiger partial charge in [0.2, 0.25) is 5.95 Å². The first-order valence-corrected chi connectivity index (χ1v) is 7.12. The van der Waals surface area contributed by atoms with E-state index < -0.39 is 5.79 Å². The Labute approximate surface area is 131 Å². The average molecular weight is 327 g/mol. The van der Waals surface area contributed by atoms with Gasteiger partial charge in [-0.2, -0.15) is 4.98 Å². The van der Waals surface area contributed by atoms with Crippen molar-refractivity contribution in [1.29, 1.82) is 0 Å². The number of aromatic amines is 1. The summed E-state index contributed by atoms with van der Waals surface area (Å²) in [5.74, 6) is -1.45. The van der Waals surface area contributed by atoms with E-state index in [0.29, 0.717) is 5.65 Å². The van der Waals surface area contributed by atoms with E-state index in [0.717, 1.165) is 12.8 Å². The van der Waals surface area contributed by atoms with Crippen molar-refractivity contribution in [3.8, 4) is 0 Å². The van der Waals surface area contributed by atoms with Crippen LogP contribution in [0.5, 0.6) is 0 Å². The molecule has 23 heavy (non-hydrogen) atoms. The maximum atomic E-state index is 11.6. The van der Waals surface area contributed by atoms with Crippen LogP contribution in [0.25, 0.3) is 11.2 Å². The number of anilines is 1. The fourth-order valence-electron chi connectivity index (χ4n) is 2.18. The van der Waals surface area contributed by atoms with Gasteiger partial charge in [-0.1, -0.05) is 0 Å². The molecule has 10 nitrogen and oxygen atoms in total. The first kappa shape index (κ1) is 17.3. The summed E-state index contributed by atoms with van der Waals surface area (Å²) in [6, 6.07) is 0. The molecule has 0 aliphatic carbocycles. The van der Waals surface area contributed by atoms with Crippen molar-refractivity contribution in [1.82, 2.24) is 19.5 Å². The molecule has 2 aromatic heterocycles. The summed E-state index contributed by atoms with van der Waals surface area (Å²) in [6.07, 6.45) is 2.58. The molecule has 2 aromatic rings. The number of aliphatic hydroxyl groups is 3. The van der Waals surface area contributed by atoms with Crippen molar-refractivity contribution < 1.29 is 20.1 Å². The summed E-state index contributed by atoms with van der Waals surface area (Å²) in [4.78, 5) is 22.1. The molecule has 1 fully saturated rings. The van der Waals surface area contributed by atoms with E-state index in [1.807, 2.05) is 0 Å². The highest BCUT2D eigenvalue weighted by Crippen LogP contribution is 2.29. The molecule has 2 atom stereocenters. The van der Waals surface area contributed by atoms with Crippen LogP contribution in [0, 0.1) is 0 Å². The van der Waals surface area contributed by atoms with Gasteiger partial charge in [0.15, 0.2) is 17.0 Å². The maximum absolute atomic E-state index is 11.6. The Hall–Kier alpha value is -2.01. The van der Waals surface area contributed by atoms with Crippen LogP contribution >= 0.6 is 0 Å². The van der Waals surface area contributed by atoms with Crippen LogP contribution < -0.4 is 11.3 Å². The number of ether oxygens (including phenoxy) is 1. The van der Waals surface area contributed by atoms with Crippen molar-refractivity contribution in [2.75, 3.05) is 12.3 Å². The Balaban J connectivity index is 0.000000338. The van der Waals surface area contributed by atoms with E-state index in [2.05, 4.69) is 15.0 Å². The summed E-state index contributed by atoms with van der Waals surface area (Å²) in [5, 5.41) is 25.2. The molecule has 0 bridgehead atoms. The fourth-order valence-corrected chi connectivity index (χ4v) is 2.18. The first-order valence-electron chi connectivity index (χ1n) is 7.12. The topological polar surface area (TPSA) is 160 Å². The van der Waals surface area contributed by atoms with Gasteiger partial charge in [0.05, 0.1) is 19.0 Å². The van der Waals surface area contributed by atoms with Crippen LogP contribution in [0.1, 0.15) is 32.9 Å². The number of nitrogen functional groups attached to an aromatic ring is 1. The third-order valence-corrected chi connectivity index (χ3v) is 3.05. The second-order valence-electron chi connectivity index (χ2n) is 5.74. The zero-order chi connectivity index (χ0) is 17.2. The molecule has 0 aromatic carbocycles. The third-order valence-electron chi connectivity index (χ3n) is 3.05. The Morgan fingerprint density at radius 2 is 2.13 bits per heavy atom. The lowest BCUT2D eigenvalue weighted by Crippen LogP contribution is -2.16. The smallest absolute Gasteiger partial charge is 0.280 e. The normalized spacial score (nSPS) is 21.3. The molecule has 1 saturated heterocycles. The molecule has 0 spiro atoms. The Morgan fingerprint density at radius 1 is 1.48 bits per heavy atom. The zero-order valence-corrected chi connectivity index (χ0v) is 12.9. The number of H-pyrrole nitrogens is 1. The predicted octanol–water partition coefficient (Wildman–Crippen LogP) is -0.921. The number of fused-ring (bicyclic) bond motifs is 1. The number of hydrogen-bond donors (Lipinski definition) is 5. The zero-order valence-electron chi connectivity index (χ0n) is 12.9. The minimum Gasteiger partial charge on any atom is -0.394 e. The van der Waals surface area contributed by atoms with Crippen LogP contribution in [0.15, 0.2) is 11.1 Å². The third kappa shape index (κ3) is 4.48. The van der Waals surface area contributed by atoms with Crippen molar-refractivity contribution in [3.05, 3.63) is 16.7 Å². The van der Waals surface area contributed by atoms with Crippen LogP contribution in [-0.2, 0) is 4.74 Å². The van der Waals surface area contributed by atoms with Crippen LogP contribution in [-0.4, -0.2) is 53.3 Å². The van der Waals surface area contributed by atoms with Gasteiger partial charge in [0.1, 0.15) is 6.23 Å². The molecule has 1 aliphatic heterocycles. The summed E-state index contributed by atoms with van der Waals surface area (Å²) >= 11 is 0. The lowest BCUT2D eigenvalue weighted by Gasteiger charge is -2.13. The highest BCUT2D eigenvalue weighted by atomic mass is 16.5. The van der Waals surface area contributed by atoms with E-state index >= 15 is 0 Å². The fraction of sp³-hybridized carbons (Fsp3) is 0.615. The highest BCUT2D eigenvalue weighted by molar-refractivity contribution is 5.70. The molecule has 0 saturated carbocycles. The quantitative estimate of drug-likeness (QED) is 0.443. The van der Waals surface area contributed by atoms with Gasteiger partial charge in [-0.05, 0) is 26.7 Å². The maximum Gasteiger partial charge on any atom is 0.280 e. The Bertz CT molecular complexity index is 714. The van der Waals surface area contributed by atoms with E-state index in [-0.39, 0.29) is 36.0 Å². The minimum absolute atomic E-state index is 0.0146. The second-order valence-corrected chi connectivity index (χ2v) is 5.74. The number of aliphatic hydroxyl groups excluding tert-OH is 1. The summed E-state index contributed by atoms with van der Waals surface area (Å²) < 4.78 is 7.30. The number of rotatable bonds is 2. The molecule has 10 heteroatoms. The predicted molar refractivity (Wildman–Crippen MR) is 81.3 cm³/mol. The van der Waals surface area contributed by atoms with E-state index in [4.69, 9.17) is 25.8 Å². The van der Waals surface area contributed by atoms with Gasteiger partial charge in [0, 0.05) is 0 Å². The largest absolute Gasteiger partial charge is 0.394 e. The number of hydrogen-bond acceptors (Lipinski definition) is 8. The van der Waals surface area contributed by atoms with Gasteiger partial charge in [-0.3, -0.25) is 14.3 Å². The molecule has 0 amide bonds. The number of imidazole rings is 1. The number of aromatic nitrogens is 4. The minimum atomic E-state index is -1.50. The van der Waals surface area contributed by atoms with Gasteiger partial charge < -0.3 is 25.8 Å². The molecular formula is C13H21N5O5. The molecule has 0 radical (unpaired) electrons. The first-order chi connectivity index (χ1) is 10.7. The second kappa shape index (κ2) is 6.62. The van der Waals surface area contributed by atoms with Crippen LogP contribution in [0.3, 0.4) is 0 Å². The molecule has 128 valence electrons. The molecule has 3 heterocycles. The highest BCUT2D eigenvalue weighted by Gasteiger charge is 2.27. The van der Waals surface area contributed by atoms with Crippen molar-refractivity contribution in [2.45, 2.75) is 44.8 Å². The Kier molecular flexibility index (Phi) is 5.00. The van der Waals surface area contributed by atoms with Crippen LogP contribution in [0.4, 0.5) is 5.95 Å². The standard InChI is InChI=1S/C10H13N5O3.C3H8O2/c11-10-13-8-7(9(17)14-10)12-4-15(8)6-2-1-5(3-16)18-6;1-3(2,4)5/h4-6,16H,1-3H2,(H3,11,13,14,17);4-5H,1-2H3. The number of nitrogens with zero attached hydrogens (tertiary/aromatic N) is 3. The average Bonchev–Trinajstić information content (AvgIpc) is 3.01. The van der Waals surface area contributed by atoms with Crippen LogP contribution in [0.2, 0.25) is 0 Å². The molecule has 3 rings (SSSR count). The monoisotopic (exact) mass is 327 g/mol. The van der Waals surface area contributed by atoms with Gasteiger partial charge in [-0.15, -0.1) is 0 Å². The van der Waals surface area contributed by atoms with Crippen molar-refractivity contribution >= 4 is 17.1 Å².